The molecule has 122 valence electrons. The van der Waals surface area contributed by atoms with Crippen LogP contribution in [-0.4, -0.2) is 58.3 Å². The summed E-state index contributed by atoms with van der Waals surface area (Å²) in [5.74, 6) is 1.61. The second-order valence-electron chi connectivity index (χ2n) is 5.64. The van der Waals surface area contributed by atoms with Gasteiger partial charge in [0.2, 0.25) is 0 Å². The number of nitrogens with zero attached hydrogens (tertiary/aromatic N) is 1. The number of likely N-dealkylation sites (tertiary alicyclic amines) is 1. The molecule has 1 fully saturated rings. The zero-order valence-electron chi connectivity index (χ0n) is 13.6. The fourth-order valence-electron chi connectivity index (χ4n) is 2.68. The minimum absolute atomic E-state index is 0.0778. The first-order chi connectivity index (χ1) is 10.7. The van der Waals surface area contributed by atoms with Gasteiger partial charge in [-0.05, 0) is 24.7 Å². The highest BCUT2D eigenvalue weighted by molar-refractivity contribution is 5.87. The highest BCUT2D eigenvalue weighted by Gasteiger charge is 2.27. The summed E-state index contributed by atoms with van der Waals surface area (Å²) < 4.78 is 16.2. The van der Waals surface area contributed by atoms with Crippen molar-refractivity contribution >= 4 is 5.78 Å². The molecule has 0 radical (unpaired) electrons. The van der Waals surface area contributed by atoms with Crippen LogP contribution in [0.3, 0.4) is 0 Å². The summed E-state index contributed by atoms with van der Waals surface area (Å²) in [6, 6.07) is 5.78. The Labute approximate surface area is 132 Å². The fraction of sp³-hybridized carbons (Fsp3) is 0.588. The van der Waals surface area contributed by atoms with Gasteiger partial charge in [0.15, 0.2) is 11.5 Å². The lowest BCUT2D eigenvalue weighted by molar-refractivity contribution is -0.123. The average Bonchev–Trinajstić information content (AvgIpc) is 2.53. The van der Waals surface area contributed by atoms with Crippen molar-refractivity contribution in [2.45, 2.75) is 18.8 Å². The molecule has 0 saturated carbocycles. The van der Waals surface area contributed by atoms with Crippen LogP contribution in [0.2, 0.25) is 0 Å². The summed E-state index contributed by atoms with van der Waals surface area (Å²) in [5, 5.41) is 0. The van der Waals surface area contributed by atoms with E-state index in [4.69, 9.17) is 14.2 Å². The van der Waals surface area contributed by atoms with Crippen molar-refractivity contribution in [3.63, 3.8) is 0 Å². The third-order valence-corrected chi connectivity index (χ3v) is 3.96. The van der Waals surface area contributed by atoms with Gasteiger partial charge in [0.1, 0.15) is 5.78 Å². The van der Waals surface area contributed by atoms with Gasteiger partial charge in [-0.15, -0.1) is 0 Å². The second kappa shape index (κ2) is 8.15. The predicted molar refractivity (Wildman–Crippen MR) is 84.8 cm³/mol. The molecule has 5 nitrogen and oxygen atoms in total. The maximum absolute atomic E-state index is 12.2. The van der Waals surface area contributed by atoms with Gasteiger partial charge in [-0.2, -0.15) is 0 Å². The molecule has 0 amide bonds. The number of rotatable bonds is 7. The molecule has 1 saturated heterocycles. The van der Waals surface area contributed by atoms with Crippen LogP contribution in [0.5, 0.6) is 11.5 Å². The van der Waals surface area contributed by atoms with Gasteiger partial charge in [-0.1, -0.05) is 6.07 Å². The van der Waals surface area contributed by atoms with Gasteiger partial charge < -0.3 is 19.1 Å². The molecule has 0 bridgehead atoms. The molecule has 1 atom stereocenters. The molecule has 0 N–H and O–H groups in total. The number of piperidine rings is 1. The standard InChI is InChI=1S/C17H25NO4/c1-18-8-7-15(19)14(12-18)13-5-6-16(21-3)17(11-13)22-10-4-9-20-2/h5-6,11,14H,4,7-10,12H2,1-3H3. The number of ether oxygens (including phenoxy) is 3. The van der Waals surface area contributed by atoms with Gasteiger partial charge in [0.25, 0.3) is 0 Å². The Bertz CT molecular complexity index is 503. The van der Waals surface area contributed by atoms with E-state index in [1.165, 1.54) is 0 Å². The monoisotopic (exact) mass is 307 g/mol. The predicted octanol–water partition coefficient (Wildman–Crippen LogP) is 2.10. The van der Waals surface area contributed by atoms with Crippen molar-refractivity contribution in [1.29, 1.82) is 0 Å². The van der Waals surface area contributed by atoms with Crippen molar-refractivity contribution < 1.29 is 19.0 Å². The number of carbonyl (C=O) groups excluding carboxylic acids is 1. The molecule has 1 aliphatic heterocycles. The van der Waals surface area contributed by atoms with E-state index in [0.717, 1.165) is 25.1 Å². The SMILES string of the molecule is COCCCOc1cc(C2CN(C)CCC2=O)ccc1OC. The number of hydrogen-bond acceptors (Lipinski definition) is 5. The van der Waals surface area contributed by atoms with Crippen molar-refractivity contribution in [1.82, 2.24) is 4.90 Å². The summed E-state index contributed by atoms with van der Waals surface area (Å²) in [4.78, 5) is 14.4. The maximum atomic E-state index is 12.2. The first-order valence-corrected chi connectivity index (χ1v) is 7.66. The van der Waals surface area contributed by atoms with E-state index >= 15 is 0 Å². The largest absolute Gasteiger partial charge is 0.493 e. The van der Waals surface area contributed by atoms with E-state index in [-0.39, 0.29) is 5.92 Å². The summed E-state index contributed by atoms with van der Waals surface area (Å²) in [7, 11) is 5.34. The number of ketones is 1. The molecule has 0 aromatic heterocycles. The van der Waals surface area contributed by atoms with Crippen LogP contribution in [0.15, 0.2) is 18.2 Å². The van der Waals surface area contributed by atoms with E-state index in [2.05, 4.69) is 4.90 Å². The molecule has 22 heavy (non-hydrogen) atoms. The molecule has 1 aliphatic rings. The van der Waals surface area contributed by atoms with E-state index in [0.29, 0.717) is 36.9 Å². The lowest BCUT2D eigenvalue weighted by atomic mass is 9.89. The van der Waals surface area contributed by atoms with E-state index in [9.17, 15) is 4.79 Å². The number of Topliss-reactive ketones (excluding diaryl/α,β-unsaturated/α-hetero) is 1. The van der Waals surface area contributed by atoms with E-state index in [1.54, 1.807) is 14.2 Å². The number of methoxy groups -OCH3 is 2. The molecular formula is C17H25NO4. The van der Waals surface area contributed by atoms with Gasteiger partial charge in [-0.3, -0.25) is 4.79 Å². The number of hydrogen-bond donors (Lipinski definition) is 0. The molecule has 2 rings (SSSR count). The molecule has 1 unspecified atom stereocenters. The van der Waals surface area contributed by atoms with Crippen LogP contribution in [0, 0.1) is 0 Å². The van der Waals surface area contributed by atoms with Gasteiger partial charge in [0, 0.05) is 39.6 Å². The van der Waals surface area contributed by atoms with Gasteiger partial charge in [0.05, 0.1) is 19.6 Å². The maximum Gasteiger partial charge on any atom is 0.161 e. The lowest BCUT2D eigenvalue weighted by Gasteiger charge is -2.29. The average molecular weight is 307 g/mol. The Morgan fingerprint density at radius 2 is 2.05 bits per heavy atom. The Balaban J connectivity index is 2.13. The smallest absolute Gasteiger partial charge is 0.161 e. The quantitative estimate of drug-likeness (QED) is 0.722. The molecule has 0 spiro atoms. The molecule has 5 heteroatoms. The molecule has 1 aromatic rings. The Morgan fingerprint density at radius 1 is 1.23 bits per heavy atom. The summed E-state index contributed by atoms with van der Waals surface area (Å²) in [6.45, 7) is 2.82. The summed E-state index contributed by atoms with van der Waals surface area (Å²) in [5.41, 5.74) is 0.999. The van der Waals surface area contributed by atoms with Crippen LogP contribution in [0.1, 0.15) is 24.3 Å². The highest BCUT2D eigenvalue weighted by atomic mass is 16.5. The minimum Gasteiger partial charge on any atom is -0.493 e. The van der Waals surface area contributed by atoms with Crippen molar-refractivity contribution in [2.24, 2.45) is 0 Å². The van der Waals surface area contributed by atoms with Crippen molar-refractivity contribution in [3.8, 4) is 11.5 Å². The van der Waals surface area contributed by atoms with Gasteiger partial charge in [-0.25, -0.2) is 0 Å². The number of likely N-dealkylation sites (N-methyl/N-ethyl adjacent to an activating group) is 1. The highest BCUT2D eigenvalue weighted by Crippen LogP contribution is 2.33. The Kier molecular flexibility index (Phi) is 6.21. The van der Waals surface area contributed by atoms with Crippen LogP contribution < -0.4 is 9.47 Å². The van der Waals surface area contributed by atoms with Crippen LogP contribution in [0.25, 0.3) is 0 Å². The first-order valence-electron chi connectivity index (χ1n) is 7.66. The van der Waals surface area contributed by atoms with E-state index < -0.39 is 0 Å². The topological polar surface area (TPSA) is 48.0 Å². The van der Waals surface area contributed by atoms with Crippen LogP contribution in [-0.2, 0) is 9.53 Å². The van der Waals surface area contributed by atoms with Crippen LogP contribution in [0.4, 0.5) is 0 Å². The van der Waals surface area contributed by atoms with Gasteiger partial charge >= 0.3 is 0 Å². The third-order valence-electron chi connectivity index (χ3n) is 3.96. The third kappa shape index (κ3) is 4.21. The van der Waals surface area contributed by atoms with Crippen molar-refractivity contribution in [2.75, 3.05) is 47.6 Å². The van der Waals surface area contributed by atoms with E-state index in [1.807, 2.05) is 25.2 Å². The number of benzene rings is 1. The molecular weight excluding hydrogens is 282 g/mol. The summed E-state index contributed by atoms with van der Waals surface area (Å²) >= 11 is 0. The molecule has 1 aromatic carbocycles. The Hall–Kier alpha value is -1.59. The lowest BCUT2D eigenvalue weighted by Crippen LogP contribution is -2.36. The van der Waals surface area contributed by atoms with Crippen molar-refractivity contribution in [3.05, 3.63) is 23.8 Å². The van der Waals surface area contributed by atoms with Crippen LogP contribution >= 0.6 is 0 Å². The molecule has 1 heterocycles. The Morgan fingerprint density at radius 3 is 2.77 bits per heavy atom. The molecule has 0 aliphatic carbocycles. The fourth-order valence-corrected chi connectivity index (χ4v) is 2.68. The normalized spacial score (nSPS) is 19.2. The minimum atomic E-state index is -0.0778. The first kappa shape index (κ1) is 16.8. The number of carbonyl (C=O) groups is 1. The second-order valence-corrected chi connectivity index (χ2v) is 5.64. The summed E-state index contributed by atoms with van der Waals surface area (Å²) in [6.07, 6.45) is 1.42. The zero-order valence-corrected chi connectivity index (χ0v) is 13.6. The zero-order chi connectivity index (χ0) is 15.9.